The van der Waals surface area contributed by atoms with E-state index in [4.69, 9.17) is 0 Å². The van der Waals surface area contributed by atoms with Gasteiger partial charge < -0.3 is 5.32 Å². The number of pyridine rings is 1. The van der Waals surface area contributed by atoms with Gasteiger partial charge >= 0.3 is 0 Å². The van der Waals surface area contributed by atoms with Crippen molar-refractivity contribution in [1.29, 1.82) is 0 Å². The van der Waals surface area contributed by atoms with Crippen molar-refractivity contribution in [1.82, 2.24) is 15.2 Å². The molecule has 1 aliphatic heterocycles. The second-order valence-corrected chi connectivity index (χ2v) is 6.21. The van der Waals surface area contributed by atoms with Crippen LogP contribution in [0.4, 0.5) is 5.69 Å². The predicted octanol–water partition coefficient (Wildman–Crippen LogP) is 2.18. The third-order valence-electron chi connectivity index (χ3n) is 4.69. The Balaban J connectivity index is 2.11. The molecule has 6 heteroatoms. The van der Waals surface area contributed by atoms with Gasteiger partial charge in [0.05, 0.1) is 10.6 Å². The number of hydrogen-bond acceptors (Lipinski definition) is 5. The average molecular weight is 292 g/mol. The Labute approximate surface area is 125 Å². The van der Waals surface area contributed by atoms with Gasteiger partial charge in [0, 0.05) is 42.5 Å². The summed E-state index contributed by atoms with van der Waals surface area (Å²) < 4.78 is 0. The minimum Gasteiger partial charge on any atom is -0.314 e. The molecule has 1 saturated heterocycles. The molecule has 0 saturated carbocycles. The second kappa shape index (κ2) is 6.07. The molecule has 1 aromatic rings. The molecule has 116 valence electrons. The molecule has 0 radical (unpaired) electrons. The molecular weight excluding hydrogens is 268 g/mol. The highest BCUT2D eigenvalue weighted by Gasteiger charge is 2.29. The van der Waals surface area contributed by atoms with Gasteiger partial charge in [-0.25, -0.2) is 0 Å². The molecule has 0 aliphatic carbocycles. The highest BCUT2D eigenvalue weighted by Crippen LogP contribution is 2.27. The zero-order valence-electron chi connectivity index (χ0n) is 13.3. The summed E-state index contributed by atoms with van der Waals surface area (Å²) in [5, 5.41) is 14.5. The molecule has 0 amide bonds. The fraction of sp³-hybridized carbons (Fsp3) is 0.667. The van der Waals surface area contributed by atoms with Gasteiger partial charge in [0.2, 0.25) is 0 Å². The third kappa shape index (κ3) is 3.39. The number of hydrogen-bond donors (Lipinski definition) is 1. The van der Waals surface area contributed by atoms with E-state index in [0.29, 0.717) is 17.7 Å². The first kappa shape index (κ1) is 15.9. The topological polar surface area (TPSA) is 71.3 Å². The number of nitro groups is 1. The van der Waals surface area contributed by atoms with Crippen LogP contribution in [0.2, 0.25) is 0 Å². The fourth-order valence-corrected chi connectivity index (χ4v) is 2.87. The average Bonchev–Trinajstić information content (AvgIpc) is 2.44. The van der Waals surface area contributed by atoms with E-state index in [1.165, 1.54) is 0 Å². The molecule has 21 heavy (non-hydrogen) atoms. The first-order valence-corrected chi connectivity index (χ1v) is 7.37. The number of rotatable bonds is 4. The van der Waals surface area contributed by atoms with Crippen molar-refractivity contribution in [3.63, 3.8) is 0 Å². The molecule has 1 N–H and O–H groups in total. The second-order valence-electron chi connectivity index (χ2n) is 6.21. The molecule has 1 fully saturated rings. The smallest absolute Gasteiger partial charge is 0.278 e. The van der Waals surface area contributed by atoms with Gasteiger partial charge in [-0.3, -0.25) is 20.0 Å². The summed E-state index contributed by atoms with van der Waals surface area (Å²) in [7, 11) is 2.00. The quantitative estimate of drug-likeness (QED) is 0.680. The molecule has 2 rings (SSSR count). The van der Waals surface area contributed by atoms with Gasteiger partial charge in [0.25, 0.3) is 5.69 Å². The van der Waals surface area contributed by atoms with Crippen molar-refractivity contribution in [2.45, 2.75) is 45.7 Å². The van der Waals surface area contributed by atoms with E-state index in [-0.39, 0.29) is 16.1 Å². The van der Waals surface area contributed by atoms with Crippen LogP contribution in [-0.4, -0.2) is 40.5 Å². The van der Waals surface area contributed by atoms with Gasteiger partial charge in [-0.15, -0.1) is 0 Å². The number of nitrogens with one attached hydrogen (secondary N) is 1. The summed E-state index contributed by atoms with van der Waals surface area (Å²) in [6, 6.07) is 0. The van der Waals surface area contributed by atoms with Gasteiger partial charge in [-0.2, -0.15) is 0 Å². The number of piperidine rings is 1. The Morgan fingerprint density at radius 1 is 1.43 bits per heavy atom. The third-order valence-corrected chi connectivity index (χ3v) is 4.69. The van der Waals surface area contributed by atoms with Crippen LogP contribution in [0.3, 0.4) is 0 Å². The van der Waals surface area contributed by atoms with E-state index in [1.54, 1.807) is 20.0 Å². The molecule has 1 aromatic heterocycles. The van der Waals surface area contributed by atoms with Crippen LogP contribution in [0.5, 0.6) is 0 Å². The Hall–Kier alpha value is -1.53. The van der Waals surface area contributed by atoms with Crippen LogP contribution >= 0.6 is 0 Å². The molecule has 6 nitrogen and oxygen atoms in total. The standard InChI is InChI=1S/C15H24N4O2/c1-11-9-17-13(12(2)14(11)19(20)21)10-18-7-5-15(3,16-4)6-8-18/h9,16H,5-8,10H2,1-4H3. The SMILES string of the molecule is CNC1(C)CCN(Cc2ncc(C)c([N+](=O)[O-])c2C)CC1. The summed E-state index contributed by atoms with van der Waals surface area (Å²) in [6.45, 7) is 8.44. The Morgan fingerprint density at radius 3 is 2.57 bits per heavy atom. The number of aromatic nitrogens is 1. The zero-order chi connectivity index (χ0) is 15.6. The lowest BCUT2D eigenvalue weighted by atomic mass is 9.90. The van der Waals surface area contributed by atoms with Crippen molar-refractivity contribution < 1.29 is 4.92 Å². The van der Waals surface area contributed by atoms with Gasteiger partial charge in [-0.05, 0) is 40.7 Å². The van der Waals surface area contributed by atoms with Crippen LogP contribution in [0.25, 0.3) is 0 Å². The van der Waals surface area contributed by atoms with Crippen molar-refractivity contribution in [2.24, 2.45) is 0 Å². The normalized spacial score (nSPS) is 18.7. The summed E-state index contributed by atoms with van der Waals surface area (Å²) in [4.78, 5) is 17.6. The highest BCUT2D eigenvalue weighted by atomic mass is 16.6. The van der Waals surface area contributed by atoms with Crippen molar-refractivity contribution >= 4 is 5.69 Å². The largest absolute Gasteiger partial charge is 0.314 e. The van der Waals surface area contributed by atoms with Crippen LogP contribution in [0.1, 0.15) is 36.6 Å². The predicted molar refractivity (Wildman–Crippen MR) is 82.3 cm³/mol. The first-order chi connectivity index (χ1) is 9.86. The van der Waals surface area contributed by atoms with E-state index in [2.05, 4.69) is 22.1 Å². The van der Waals surface area contributed by atoms with E-state index >= 15 is 0 Å². The molecule has 0 unspecified atom stereocenters. The Kier molecular flexibility index (Phi) is 4.58. The molecule has 0 bridgehead atoms. The zero-order valence-corrected chi connectivity index (χ0v) is 13.3. The molecule has 0 aromatic carbocycles. The van der Waals surface area contributed by atoms with Crippen molar-refractivity contribution in [3.8, 4) is 0 Å². The van der Waals surface area contributed by atoms with Crippen molar-refractivity contribution in [3.05, 3.63) is 33.1 Å². The minimum absolute atomic E-state index is 0.206. The van der Waals surface area contributed by atoms with Crippen LogP contribution < -0.4 is 5.32 Å². The summed E-state index contributed by atoms with van der Waals surface area (Å²) in [5.41, 5.74) is 2.56. The molecule has 0 spiro atoms. The lowest BCUT2D eigenvalue weighted by Gasteiger charge is -2.39. The first-order valence-electron chi connectivity index (χ1n) is 7.37. The van der Waals surface area contributed by atoms with Crippen LogP contribution in [-0.2, 0) is 6.54 Å². The summed E-state index contributed by atoms with van der Waals surface area (Å²) in [6.07, 6.45) is 3.77. The summed E-state index contributed by atoms with van der Waals surface area (Å²) in [5.74, 6) is 0. The van der Waals surface area contributed by atoms with E-state index in [1.807, 2.05) is 7.05 Å². The highest BCUT2D eigenvalue weighted by molar-refractivity contribution is 5.47. The summed E-state index contributed by atoms with van der Waals surface area (Å²) >= 11 is 0. The maximum atomic E-state index is 11.2. The Morgan fingerprint density at radius 2 is 2.05 bits per heavy atom. The molecule has 1 aliphatic rings. The van der Waals surface area contributed by atoms with E-state index < -0.39 is 0 Å². The Bertz CT molecular complexity index is 537. The minimum atomic E-state index is -0.301. The number of likely N-dealkylation sites (tertiary alicyclic amines) is 1. The number of nitrogens with zero attached hydrogens (tertiary/aromatic N) is 3. The molecular formula is C15H24N4O2. The van der Waals surface area contributed by atoms with Crippen LogP contribution in [0, 0.1) is 24.0 Å². The van der Waals surface area contributed by atoms with Gasteiger partial charge in [-0.1, -0.05) is 0 Å². The lowest BCUT2D eigenvalue weighted by Crippen LogP contribution is -2.49. The monoisotopic (exact) mass is 292 g/mol. The van der Waals surface area contributed by atoms with Crippen molar-refractivity contribution in [2.75, 3.05) is 20.1 Å². The van der Waals surface area contributed by atoms with Gasteiger partial charge in [0.1, 0.15) is 0 Å². The van der Waals surface area contributed by atoms with E-state index in [0.717, 1.165) is 31.6 Å². The van der Waals surface area contributed by atoms with Crippen LogP contribution in [0.15, 0.2) is 6.20 Å². The fourth-order valence-electron chi connectivity index (χ4n) is 2.87. The maximum absolute atomic E-state index is 11.2. The number of aryl methyl sites for hydroxylation is 1. The molecule has 2 heterocycles. The lowest BCUT2D eigenvalue weighted by molar-refractivity contribution is -0.386. The van der Waals surface area contributed by atoms with E-state index in [9.17, 15) is 10.1 Å². The molecule has 0 atom stereocenters. The van der Waals surface area contributed by atoms with Gasteiger partial charge in [0.15, 0.2) is 0 Å². The maximum Gasteiger partial charge on any atom is 0.278 e.